The van der Waals surface area contributed by atoms with Gasteiger partial charge in [0, 0.05) is 30.5 Å². The van der Waals surface area contributed by atoms with Gasteiger partial charge < -0.3 is 10.6 Å². The summed E-state index contributed by atoms with van der Waals surface area (Å²) in [5.41, 5.74) is 6.71. The largest absolute Gasteiger partial charge is 0.336 e. The van der Waals surface area contributed by atoms with Crippen molar-refractivity contribution in [2.45, 2.75) is 38.6 Å². The smallest absolute Gasteiger partial charge is 0.255 e. The van der Waals surface area contributed by atoms with E-state index in [1.54, 1.807) is 18.5 Å². The molecule has 1 fully saturated rings. The summed E-state index contributed by atoms with van der Waals surface area (Å²) < 4.78 is 0. The summed E-state index contributed by atoms with van der Waals surface area (Å²) in [4.78, 5) is 18.7. The molecule has 1 heterocycles. The van der Waals surface area contributed by atoms with Gasteiger partial charge in [0.25, 0.3) is 5.91 Å². The minimum absolute atomic E-state index is 0.0586. The van der Waals surface area contributed by atoms with Crippen LogP contribution in [0.2, 0.25) is 0 Å². The molecule has 0 spiro atoms. The van der Waals surface area contributed by atoms with Crippen molar-refractivity contribution in [1.82, 2.24) is 9.88 Å². The number of aromatic nitrogens is 1. The Morgan fingerprint density at radius 1 is 1.45 bits per heavy atom. The maximum atomic E-state index is 12.6. The predicted molar refractivity (Wildman–Crippen MR) is 79.1 cm³/mol. The van der Waals surface area contributed by atoms with E-state index in [0.717, 1.165) is 24.9 Å². The van der Waals surface area contributed by atoms with Crippen LogP contribution in [0.1, 0.15) is 48.5 Å². The van der Waals surface area contributed by atoms with Crippen LogP contribution in [0.15, 0.2) is 18.5 Å². The van der Waals surface area contributed by atoms with Gasteiger partial charge in [-0.05, 0) is 25.8 Å². The Morgan fingerprint density at radius 2 is 2.20 bits per heavy atom. The summed E-state index contributed by atoms with van der Waals surface area (Å²) in [6, 6.07) is 2.18. The lowest BCUT2D eigenvalue weighted by atomic mass is 10.1. The van der Waals surface area contributed by atoms with Crippen LogP contribution in [0.25, 0.3) is 0 Å². The Morgan fingerprint density at radius 3 is 2.85 bits per heavy atom. The van der Waals surface area contributed by atoms with E-state index in [4.69, 9.17) is 5.73 Å². The van der Waals surface area contributed by atoms with Crippen LogP contribution in [-0.4, -0.2) is 34.9 Å². The Hall–Kier alpha value is -1.86. The SMILES string of the molecule is CCN(C(=O)c1cncc(C#CCN)c1)C1CCCC1. The van der Waals surface area contributed by atoms with E-state index >= 15 is 0 Å². The average molecular weight is 271 g/mol. The third-order valence-corrected chi connectivity index (χ3v) is 3.69. The predicted octanol–water partition coefficient (Wildman–Crippen LogP) is 1.80. The summed E-state index contributed by atoms with van der Waals surface area (Å²) in [6.45, 7) is 3.07. The van der Waals surface area contributed by atoms with Gasteiger partial charge in [-0.25, -0.2) is 0 Å². The van der Waals surface area contributed by atoms with Crippen molar-refractivity contribution in [2.75, 3.05) is 13.1 Å². The van der Waals surface area contributed by atoms with E-state index < -0.39 is 0 Å². The van der Waals surface area contributed by atoms with E-state index in [0.29, 0.717) is 18.2 Å². The van der Waals surface area contributed by atoms with Crippen molar-refractivity contribution >= 4 is 5.91 Å². The summed E-state index contributed by atoms with van der Waals surface area (Å²) in [5, 5.41) is 0. The van der Waals surface area contributed by atoms with Crippen molar-refractivity contribution < 1.29 is 4.79 Å². The van der Waals surface area contributed by atoms with Gasteiger partial charge in [-0.2, -0.15) is 0 Å². The lowest BCUT2D eigenvalue weighted by molar-refractivity contribution is 0.0693. The molecule has 2 N–H and O–H groups in total. The Labute approximate surface area is 120 Å². The highest BCUT2D eigenvalue weighted by Crippen LogP contribution is 2.24. The molecule has 1 aromatic heterocycles. The summed E-state index contributed by atoms with van der Waals surface area (Å²) in [5.74, 6) is 5.76. The van der Waals surface area contributed by atoms with E-state index in [1.807, 2.05) is 11.8 Å². The van der Waals surface area contributed by atoms with Crippen LogP contribution < -0.4 is 5.73 Å². The van der Waals surface area contributed by atoms with Crippen molar-refractivity contribution in [2.24, 2.45) is 5.73 Å². The lowest BCUT2D eigenvalue weighted by Gasteiger charge is -2.27. The first-order valence-electron chi connectivity index (χ1n) is 7.21. The van der Waals surface area contributed by atoms with Gasteiger partial charge in [-0.1, -0.05) is 24.7 Å². The standard InChI is InChI=1S/C16H21N3O/c1-2-19(15-7-3-4-8-15)16(20)14-10-13(6-5-9-17)11-18-12-14/h10-12,15H,2-4,7-9,17H2,1H3. The van der Waals surface area contributed by atoms with E-state index in [9.17, 15) is 4.79 Å². The minimum Gasteiger partial charge on any atom is -0.336 e. The summed E-state index contributed by atoms with van der Waals surface area (Å²) >= 11 is 0. The van der Waals surface area contributed by atoms with Crippen molar-refractivity contribution in [3.63, 3.8) is 0 Å². The van der Waals surface area contributed by atoms with Gasteiger partial charge in [0.05, 0.1) is 12.1 Å². The van der Waals surface area contributed by atoms with Crippen LogP contribution in [-0.2, 0) is 0 Å². The molecule has 1 aliphatic rings. The topological polar surface area (TPSA) is 59.2 Å². The molecule has 0 radical (unpaired) electrons. The monoisotopic (exact) mass is 271 g/mol. The van der Waals surface area contributed by atoms with Gasteiger partial charge in [0.15, 0.2) is 0 Å². The molecule has 1 amide bonds. The van der Waals surface area contributed by atoms with Crippen molar-refractivity contribution in [3.8, 4) is 11.8 Å². The highest BCUT2D eigenvalue weighted by Gasteiger charge is 2.26. The van der Waals surface area contributed by atoms with Crippen LogP contribution >= 0.6 is 0 Å². The molecular weight excluding hydrogens is 250 g/mol. The first-order chi connectivity index (χ1) is 9.76. The second-order valence-electron chi connectivity index (χ2n) is 5.00. The molecule has 4 heteroatoms. The zero-order valence-corrected chi connectivity index (χ0v) is 11.9. The zero-order chi connectivity index (χ0) is 14.4. The van der Waals surface area contributed by atoms with Gasteiger partial charge in [0.1, 0.15) is 0 Å². The molecule has 0 unspecified atom stereocenters. The quantitative estimate of drug-likeness (QED) is 0.853. The molecule has 1 aliphatic carbocycles. The van der Waals surface area contributed by atoms with Crippen LogP contribution in [0.5, 0.6) is 0 Å². The molecule has 106 valence electrons. The number of hydrogen-bond acceptors (Lipinski definition) is 3. The number of nitrogens with two attached hydrogens (primary N) is 1. The molecular formula is C16H21N3O. The van der Waals surface area contributed by atoms with Gasteiger partial charge in [-0.15, -0.1) is 0 Å². The maximum absolute atomic E-state index is 12.6. The van der Waals surface area contributed by atoms with Crippen molar-refractivity contribution in [3.05, 3.63) is 29.6 Å². The zero-order valence-electron chi connectivity index (χ0n) is 11.9. The third-order valence-electron chi connectivity index (χ3n) is 3.69. The molecule has 0 atom stereocenters. The molecule has 20 heavy (non-hydrogen) atoms. The molecule has 2 rings (SSSR count). The molecule has 0 bridgehead atoms. The van der Waals surface area contributed by atoms with Gasteiger partial charge in [-0.3, -0.25) is 9.78 Å². The normalized spacial score (nSPS) is 14.7. The molecule has 0 saturated heterocycles. The summed E-state index contributed by atoms with van der Waals surface area (Å²) in [6.07, 6.45) is 7.93. The number of nitrogens with zero attached hydrogens (tertiary/aromatic N) is 2. The molecule has 0 aromatic carbocycles. The Kier molecular flexibility index (Phi) is 5.14. The van der Waals surface area contributed by atoms with Crippen molar-refractivity contribution in [1.29, 1.82) is 0 Å². The van der Waals surface area contributed by atoms with Crippen LogP contribution in [0.3, 0.4) is 0 Å². The van der Waals surface area contributed by atoms with Crippen LogP contribution in [0, 0.1) is 11.8 Å². The molecule has 1 aromatic rings. The van der Waals surface area contributed by atoms with E-state index in [1.165, 1.54) is 12.8 Å². The lowest BCUT2D eigenvalue weighted by Crippen LogP contribution is -2.38. The number of carbonyl (C=O) groups is 1. The van der Waals surface area contributed by atoms with E-state index in [2.05, 4.69) is 16.8 Å². The van der Waals surface area contributed by atoms with E-state index in [-0.39, 0.29) is 5.91 Å². The average Bonchev–Trinajstić information content (AvgIpc) is 3.00. The summed E-state index contributed by atoms with van der Waals surface area (Å²) in [7, 11) is 0. The number of pyridine rings is 1. The fourth-order valence-electron chi connectivity index (χ4n) is 2.73. The third kappa shape index (κ3) is 3.37. The number of amides is 1. The fraction of sp³-hybridized carbons (Fsp3) is 0.500. The first-order valence-corrected chi connectivity index (χ1v) is 7.21. The van der Waals surface area contributed by atoms with Gasteiger partial charge in [0.2, 0.25) is 0 Å². The number of hydrogen-bond donors (Lipinski definition) is 1. The van der Waals surface area contributed by atoms with Gasteiger partial charge >= 0.3 is 0 Å². The van der Waals surface area contributed by atoms with Crippen LogP contribution in [0.4, 0.5) is 0 Å². The Balaban J connectivity index is 2.18. The molecule has 4 nitrogen and oxygen atoms in total. The second kappa shape index (κ2) is 7.06. The highest BCUT2D eigenvalue weighted by molar-refractivity contribution is 5.94. The molecule has 1 saturated carbocycles. The second-order valence-corrected chi connectivity index (χ2v) is 5.00. The molecule has 0 aliphatic heterocycles. The maximum Gasteiger partial charge on any atom is 0.255 e. The first kappa shape index (κ1) is 14.5. The number of carbonyl (C=O) groups excluding carboxylic acids is 1. The Bertz CT molecular complexity index is 524. The number of rotatable bonds is 3. The fourth-order valence-corrected chi connectivity index (χ4v) is 2.73. The minimum atomic E-state index is 0.0586. The highest BCUT2D eigenvalue weighted by atomic mass is 16.2.